The van der Waals surface area contributed by atoms with Crippen molar-refractivity contribution in [3.8, 4) is 0 Å². The Morgan fingerprint density at radius 2 is 1.94 bits per heavy atom. The van der Waals surface area contributed by atoms with Crippen LogP contribution in [0.5, 0.6) is 0 Å². The van der Waals surface area contributed by atoms with Gasteiger partial charge in [0.1, 0.15) is 0 Å². The highest BCUT2D eigenvalue weighted by Gasteiger charge is 2.30. The average molecular weight is 446 g/mol. The lowest BCUT2D eigenvalue weighted by atomic mass is 9.93. The lowest BCUT2D eigenvalue weighted by molar-refractivity contribution is -0.137. The maximum atomic E-state index is 12.9. The van der Waals surface area contributed by atoms with E-state index in [2.05, 4.69) is 15.3 Å². The summed E-state index contributed by atoms with van der Waals surface area (Å²) in [5, 5.41) is 14.4. The molecule has 2 aromatic carbocycles. The van der Waals surface area contributed by atoms with E-state index in [0.717, 1.165) is 58.7 Å². The molecule has 0 saturated heterocycles. The van der Waals surface area contributed by atoms with E-state index in [1.165, 1.54) is 6.07 Å². The van der Waals surface area contributed by atoms with Gasteiger partial charge in [0.2, 0.25) is 0 Å². The second kappa shape index (κ2) is 7.80. The van der Waals surface area contributed by atoms with E-state index >= 15 is 0 Å². The molecule has 1 aliphatic rings. The second-order valence-electron chi connectivity index (χ2n) is 8.00. The van der Waals surface area contributed by atoms with Gasteiger partial charge in [0.05, 0.1) is 45.3 Å². The summed E-state index contributed by atoms with van der Waals surface area (Å²) in [5.74, 6) is 0. The van der Waals surface area contributed by atoms with Gasteiger partial charge < -0.3 is 15.0 Å². The van der Waals surface area contributed by atoms with Gasteiger partial charge in [0.25, 0.3) is 0 Å². The number of aromatic nitrogens is 3. The van der Waals surface area contributed by atoms with Crippen molar-refractivity contribution in [2.45, 2.75) is 50.6 Å². The zero-order valence-electron chi connectivity index (χ0n) is 16.6. The van der Waals surface area contributed by atoms with Crippen molar-refractivity contribution < 1.29 is 18.3 Å². The molecule has 31 heavy (non-hydrogen) atoms. The van der Waals surface area contributed by atoms with E-state index in [1.54, 1.807) is 17.7 Å². The van der Waals surface area contributed by atoms with Gasteiger partial charge in [-0.3, -0.25) is 0 Å². The largest absolute Gasteiger partial charge is 0.416 e. The van der Waals surface area contributed by atoms with E-state index in [0.29, 0.717) is 17.6 Å². The molecule has 0 spiro atoms. The summed E-state index contributed by atoms with van der Waals surface area (Å²) in [5.41, 5.74) is 2.18. The third-order valence-corrected chi connectivity index (χ3v) is 6.74. The first-order valence-corrected chi connectivity index (χ1v) is 11.0. The van der Waals surface area contributed by atoms with Gasteiger partial charge >= 0.3 is 6.18 Å². The number of nitrogens with zero attached hydrogens (tertiary/aromatic N) is 3. The molecule has 9 heteroatoms. The van der Waals surface area contributed by atoms with Crippen LogP contribution in [0.2, 0.25) is 0 Å². The van der Waals surface area contributed by atoms with Crippen molar-refractivity contribution in [3.05, 3.63) is 53.9 Å². The van der Waals surface area contributed by atoms with Crippen molar-refractivity contribution >= 4 is 37.7 Å². The maximum Gasteiger partial charge on any atom is 0.416 e. The van der Waals surface area contributed by atoms with E-state index in [1.807, 2.05) is 22.8 Å². The molecule has 4 aromatic rings. The minimum Gasteiger partial charge on any atom is -0.391 e. The zero-order chi connectivity index (χ0) is 21.6. The van der Waals surface area contributed by atoms with Gasteiger partial charge in [-0.1, -0.05) is 30.2 Å². The minimum absolute atomic E-state index is 0.0349. The predicted octanol–water partition coefficient (Wildman–Crippen LogP) is 5.43. The number of nitrogens with one attached hydrogen (secondary N) is 1. The van der Waals surface area contributed by atoms with Crippen molar-refractivity contribution in [2.75, 3.05) is 5.32 Å². The molecule has 162 valence electrons. The number of hydrogen-bond donors (Lipinski definition) is 2. The maximum absolute atomic E-state index is 12.9. The topological polar surface area (TPSA) is 63.0 Å². The average Bonchev–Trinajstić information content (AvgIpc) is 3.32. The summed E-state index contributed by atoms with van der Waals surface area (Å²) in [4.78, 5) is 8.78. The Labute approximate surface area is 180 Å². The number of anilines is 1. The number of halogens is 3. The predicted molar refractivity (Wildman–Crippen MR) is 115 cm³/mol. The Kier molecular flexibility index (Phi) is 5.10. The first-order valence-electron chi connectivity index (χ1n) is 10.2. The number of alkyl halides is 3. The van der Waals surface area contributed by atoms with E-state index in [4.69, 9.17) is 0 Å². The quantitative estimate of drug-likeness (QED) is 0.439. The molecular formula is C22H21F3N4OS. The summed E-state index contributed by atoms with van der Waals surface area (Å²) < 4.78 is 41.7. The van der Waals surface area contributed by atoms with Gasteiger partial charge in [-0.15, -0.1) is 0 Å². The fourth-order valence-electron chi connectivity index (χ4n) is 4.13. The lowest BCUT2D eigenvalue weighted by Gasteiger charge is -2.27. The third-order valence-electron chi connectivity index (χ3n) is 5.79. The molecule has 2 aromatic heterocycles. The van der Waals surface area contributed by atoms with Crippen LogP contribution in [0.15, 0.2) is 42.7 Å². The van der Waals surface area contributed by atoms with Gasteiger partial charge in [-0.05, 0) is 48.7 Å². The third kappa shape index (κ3) is 4.12. The minimum atomic E-state index is -4.38. The fraction of sp³-hybridized carbons (Fsp3) is 0.364. The molecule has 2 heterocycles. The molecule has 5 rings (SSSR count). The fourth-order valence-corrected chi connectivity index (χ4v) is 5.12. The normalized spacial score (nSPS) is 19.9. The Morgan fingerprint density at radius 1 is 1.10 bits per heavy atom. The molecule has 0 amide bonds. The number of fused-ring (bicyclic) bond motifs is 2. The summed E-state index contributed by atoms with van der Waals surface area (Å²) in [6, 6.07) is 9.63. The molecule has 2 atom stereocenters. The Hall–Kier alpha value is -2.65. The van der Waals surface area contributed by atoms with Crippen LogP contribution < -0.4 is 5.32 Å². The van der Waals surface area contributed by atoms with Gasteiger partial charge in [0.15, 0.2) is 5.13 Å². The Morgan fingerprint density at radius 3 is 2.74 bits per heavy atom. The van der Waals surface area contributed by atoms with Crippen LogP contribution in [0, 0.1) is 0 Å². The highest BCUT2D eigenvalue weighted by atomic mass is 32.1. The summed E-state index contributed by atoms with van der Waals surface area (Å²) in [7, 11) is 0. The molecular weight excluding hydrogens is 425 g/mol. The molecule has 0 bridgehead atoms. The first kappa shape index (κ1) is 20.3. The highest BCUT2D eigenvalue weighted by Crippen LogP contribution is 2.32. The van der Waals surface area contributed by atoms with E-state index < -0.39 is 11.7 Å². The number of aliphatic hydroxyl groups is 1. The van der Waals surface area contributed by atoms with Crippen LogP contribution in [-0.2, 0) is 12.7 Å². The van der Waals surface area contributed by atoms with Gasteiger partial charge in [0, 0.05) is 6.54 Å². The van der Waals surface area contributed by atoms with Crippen molar-refractivity contribution in [3.63, 3.8) is 0 Å². The molecule has 0 radical (unpaired) electrons. The monoisotopic (exact) mass is 446 g/mol. The van der Waals surface area contributed by atoms with Crippen LogP contribution in [0.25, 0.3) is 21.3 Å². The van der Waals surface area contributed by atoms with Crippen LogP contribution >= 0.6 is 11.3 Å². The SMILES string of the molecule is OC1CCCCC1Nc1nc2ccc(Cn3cnc4cc(C(F)(F)F)ccc43)cc2s1. The summed E-state index contributed by atoms with van der Waals surface area (Å²) in [6.07, 6.45) is 0.759. The second-order valence-corrected chi connectivity index (χ2v) is 9.03. The van der Waals surface area contributed by atoms with Crippen molar-refractivity contribution in [1.82, 2.24) is 14.5 Å². The molecule has 1 aliphatic carbocycles. The van der Waals surface area contributed by atoms with Gasteiger partial charge in [-0.25, -0.2) is 9.97 Å². The van der Waals surface area contributed by atoms with E-state index in [-0.39, 0.29) is 12.1 Å². The van der Waals surface area contributed by atoms with Crippen molar-refractivity contribution in [2.24, 2.45) is 0 Å². The number of hydrogen-bond acceptors (Lipinski definition) is 5. The van der Waals surface area contributed by atoms with E-state index in [9.17, 15) is 18.3 Å². The van der Waals surface area contributed by atoms with Crippen LogP contribution in [0.4, 0.5) is 18.3 Å². The highest BCUT2D eigenvalue weighted by molar-refractivity contribution is 7.22. The molecule has 0 aliphatic heterocycles. The molecule has 2 unspecified atom stereocenters. The Bertz CT molecular complexity index is 1230. The summed E-state index contributed by atoms with van der Waals surface area (Å²) >= 11 is 1.54. The Balaban J connectivity index is 1.37. The first-order chi connectivity index (χ1) is 14.9. The standard InChI is InChI=1S/C22H21F3N4OS/c23-22(24,25)14-6-8-18-17(10-14)26-12-29(18)11-13-5-7-16-20(9-13)31-21(28-16)27-15-3-1-2-4-19(15)30/h5-10,12,15,19,30H,1-4,11H2,(H,27,28). The number of thiazole rings is 1. The molecule has 2 N–H and O–H groups in total. The molecule has 5 nitrogen and oxygen atoms in total. The number of benzene rings is 2. The van der Waals surface area contributed by atoms with Crippen LogP contribution in [0.3, 0.4) is 0 Å². The smallest absolute Gasteiger partial charge is 0.391 e. The van der Waals surface area contributed by atoms with Crippen LogP contribution in [0.1, 0.15) is 36.8 Å². The van der Waals surface area contributed by atoms with Gasteiger partial charge in [-0.2, -0.15) is 13.2 Å². The van der Waals surface area contributed by atoms with Crippen LogP contribution in [-0.4, -0.2) is 31.8 Å². The number of imidazole rings is 1. The zero-order valence-corrected chi connectivity index (χ0v) is 17.4. The van der Waals surface area contributed by atoms with Crippen molar-refractivity contribution in [1.29, 1.82) is 0 Å². The number of rotatable bonds is 4. The summed E-state index contributed by atoms with van der Waals surface area (Å²) in [6.45, 7) is 0.500. The number of aliphatic hydroxyl groups excluding tert-OH is 1. The molecule has 1 fully saturated rings. The lowest BCUT2D eigenvalue weighted by Crippen LogP contribution is -2.36. The molecule has 1 saturated carbocycles.